The van der Waals surface area contributed by atoms with E-state index in [1.807, 2.05) is 0 Å². The maximum atomic E-state index is 12.1. The van der Waals surface area contributed by atoms with E-state index < -0.39 is 17.9 Å². The lowest BCUT2D eigenvalue weighted by molar-refractivity contribution is -0.139. The Labute approximate surface area is 129 Å². The highest BCUT2D eigenvalue weighted by Gasteiger charge is 2.24. The van der Waals surface area contributed by atoms with Crippen molar-refractivity contribution in [3.8, 4) is 0 Å². The van der Waals surface area contributed by atoms with Gasteiger partial charge in [-0.15, -0.1) is 0 Å². The molecule has 2 heterocycles. The number of halogens is 2. The predicted molar refractivity (Wildman–Crippen MR) is 75.3 cm³/mol. The second kappa shape index (κ2) is 6.11. The maximum Gasteiger partial charge on any atom is 0.331 e. The van der Waals surface area contributed by atoms with E-state index >= 15 is 0 Å². The largest absolute Gasteiger partial charge is 0.479 e. The molecule has 0 saturated heterocycles. The van der Waals surface area contributed by atoms with Crippen molar-refractivity contribution in [1.82, 2.24) is 20.1 Å². The molecule has 2 N–H and O–H groups in total. The molecule has 21 heavy (non-hydrogen) atoms. The number of carboxylic acids is 1. The molecule has 110 valence electrons. The minimum Gasteiger partial charge on any atom is -0.479 e. The van der Waals surface area contributed by atoms with Crippen LogP contribution < -0.4 is 5.32 Å². The van der Waals surface area contributed by atoms with Gasteiger partial charge in [-0.1, -0.05) is 23.2 Å². The summed E-state index contributed by atoms with van der Waals surface area (Å²) >= 11 is 11.4. The molecule has 2 aromatic rings. The molecular formula is C12H10Cl2N4O3. The van der Waals surface area contributed by atoms with Crippen molar-refractivity contribution in [3.63, 3.8) is 0 Å². The first kappa shape index (κ1) is 15.3. The summed E-state index contributed by atoms with van der Waals surface area (Å²) in [5, 5.41) is 15.6. The molecule has 7 nitrogen and oxygen atoms in total. The molecule has 0 aliphatic carbocycles. The van der Waals surface area contributed by atoms with Crippen molar-refractivity contribution >= 4 is 35.1 Å². The van der Waals surface area contributed by atoms with Crippen molar-refractivity contribution in [3.05, 3.63) is 46.0 Å². The number of rotatable bonds is 4. The van der Waals surface area contributed by atoms with E-state index in [0.29, 0.717) is 5.56 Å². The van der Waals surface area contributed by atoms with Crippen molar-refractivity contribution in [2.24, 2.45) is 7.05 Å². The van der Waals surface area contributed by atoms with Gasteiger partial charge in [0.2, 0.25) is 0 Å². The number of aryl methyl sites for hydroxylation is 1. The number of aliphatic carboxylic acids is 1. The van der Waals surface area contributed by atoms with Crippen LogP contribution in [0, 0.1) is 0 Å². The van der Waals surface area contributed by atoms with E-state index in [0.717, 1.165) is 0 Å². The third kappa shape index (κ3) is 3.50. The van der Waals surface area contributed by atoms with Crippen LogP contribution in [0.3, 0.4) is 0 Å². The molecule has 9 heteroatoms. The van der Waals surface area contributed by atoms with Gasteiger partial charge in [0.25, 0.3) is 5.91 Å². The third-order valence-electron chi connectivity index (χ3n) is 2.64. The Morgan fingerprint density at radius 3 is 2.62 bits per heavy atom. The van der Waals surface area contributed by atoms with Crippen LogP contribution >= 0.6 is 23.2 Å². The molecule has 1 unspecified atom stereocenters. The van der Waals surface area contributed by atoms with Crippen LogP contribution in [0.4, 0.5) is 0 Å². The minimum absolute atomic E-state index is 0.0651. The van der Waals surface area contributed by atoms with E-state index in [1.165, 1.54) is 29.3 Å². The van der Waals surface area contributed by atoms with Gasteiger partial charge in [-0.2, -0.15) is 5.10 Å². The number of nitrogens with zero attached hydrogens (tertiary/aromatic N) is 3. The normalized spacial score (nSPS) is 12.0. The summed E-state index contributed by atoms with van der Waals surface area (Å²) in [6, 6.07) is 0.0922. The number of carboxylic acid groups (broad SMARTS) is 1. The summed E-state index contributed by atoms with van der Waals surface area (Å²) in [5.74, 6) is -1.83. The fraction of sp³-hybridized carbons (Fsp3) is 0.167. The summed E-state index contributed by atoms with van der Waals surface area (Å²) in [6.07, 6.45) is 4.09. The Balaban J connectivity index is 2.22. The second-order valence-corrected chi connectivity index (χ2v) is 4.95. The van der Waals surface area contributed by atoms with E-state index in [-0.39, 0.29) is 15.7 Å². The van der Waals surface area contributed by atoms with E-state index in [9.17, 15) is 14.7 Å². The highest BCUT2D eigenvalue weighted by Crippen LogP contribution is 2.20. The molecule has 0 radical (unpaired) electrons. The van der Waals surface area contributed by atoms with Crippen LogP contribution in [0.15, 0.2) is 24.7 Å². The van der Waals surface area contributed by atoms with Crippen molar-refractivity contribution < 1.29 is 14.7 Å². The Morgan fingerprint density at radius 1 is 1.38 bits per heavy atom. The summed E-state index contributed by atoms with van der Waals surface area (Å²) in [5.41, 5.74) is 0.464. The summed E-state index contributed by atoms with van der Waals surface area (Å²) in [4.78, 5) is 27.1. The lowest BCUT2D eigenvalue weighted by atomic mass is 10.1. The van der Waals surface area contributed by atoms with Crippen LogP contribution in [-0.4, -0.2) is 31.7 Å². The molecule has 0 aromatic carbocycles. The Kier molecular flexibility index (Phi) is 4.44. The molecule has 0 aliphatic heterocycles. The van der Waals surface area contributed by atoms with E-state index in [2.05, 4.69) is 15.4 Å². The van der Waals surface area contributed by atoms with Crippen LogP contribution in [0.2, 0.25) is 10.2 Å². The third-order valence-corrected chi connectivity index (χ3v) is 3.33. The lowest BCUT2D eigenvalue weighted by Crippen LogP contribution is -2.33. The van der Waals surface area contributed by atoms with Crippen LogP contribution in [0.25, 0.3) is 0 Å². The highest BCUT2D eigenvalue weighted by atomic mass is 35.5. The van der Waals surface area contributed by atoms with Gasteiger partial charge < -0.3 is 10.4 Å². The number of carbonyl (C=O) groups is 2. The zero-order chi connectivity index (χ0) is 15.6. The van der Waals surface area contributed by atoms with Crippen molar-refractivity contribution in [1.29, 1.82) is 0 Å². The Morgan fingerprint density at radius 2 is 2.10 bits per heavy atom. The van der Waals surface area contributed by atoms with Crippen molar-refractivity contribution in [2.75, 3.05) is 0 Å². The first-order valence-corrected chi connectivity index (χ1v) is 6.47. The van der Waals surface area contributed by atoms with E-state index in [1.54, 1.807) is 7.05 Å². The second-order valence-electron chi connectivity index (χ2n) is 4.19. The quantitative estimate of drug-likeness (QED) is 0.832. The number of pyridine rings is 1. The standard InChI is InChI=1S/C12H10Cl2N4O3/c1-18-5-7(4-16-18)9(12(20)21)17-11(19)6-2-8(13)10(14)15-3-6/h2-5,9H,1H3,(H,17,19)(H,20,21). The van der Waals surface area contributed by atoms with Gasteiger partial charge in [0.05, 0.1) is 16.8 Å². The number of amides is 1. The monoisotopic (exact) mass is 328 g/mol. The molecular weight excluding hydrogens is 319 g/mol. The van der Waals surface area contributed by atoms with Gasteiger partial charge in [0.1, 0.15) is 5.15 Å². The van der Waals surface area contributed by atoms with Gasteiger partial charge in [-0.05, 0) is 6.07 Å². The molecule has 0 saturated carbocycles. The van der Waals surface area contributed by atoms with Gasteiger partial charge in [0, 0.05) is 25.0 Å². The number of nitrogens with one attached hydrogen (secondary N) is 1. The fourth-order valence-electron chi connectivity index (χ4n) is 1.64. The topological polar surface area (TPSA) is 97.1 Å². The first-order valence-electron chi connectivity index (χ1n) is 5.71. The summed E-state index contributed by atoms with van der Waals surface area (Å²) in [6.45, 7) is 0. The molecule has 2 aromatic heterocycles. The smallest absolute Gasteiger partial charge is 0.331 e. The average molecular weight is 329 g/mol. The molecule has 0 spiro atoms. The highest BCUT2D eigenvalue weighted by molar-refractivity contribution is 6.41. The Bertz CT molecular complexity index is 702. The average Bonchev–Trinajstić information content (AvgIpc) is 2.84. The number of aromatic nitrogens is 3. The van der Waals surface area contributed by atoms with Crippen LogP contribution in [0.5, 0.6) is 0 Å². The maximum absolute atomic E-state index is 12.1. The van der Waals surface area contributed by atoms with Gasteiger partial charge in [0.15, 0.2) is 6.04 Å². The van der Waals surface area contributed by atoms with Crippen LogP contribution in [0.1, 0.15) is 22.0 Å². The Hall–Kier alpha value is -2.12. The van der Waals surface area contributed by atoms with E-state index in [4.69, 9.17) is 23.2 Å². The summed E-state index contributed by atoms with van der Waals surface area (Å²) < 4.78 is 1.44. The molecule has 0 fully saturated rings. The lowest BCUT2D eigenvalue weighted by Gasteiger charge is -2.13. The fourth-order valence-corrected chi connectivity index (χ4v) is 1.91. The molecule has 1 amide bonds. The van der Waals surface area contributed by atoms with Crippen LogP contribution in [-0.2, 0) is 11.8 Å². The number of hydrogen-bond donors (Lipinski definition) is 2. The molecule has 0 aliphatic rings. The molecule has 2 rings (SSSR count). The number of hydrogen-bond acceptors (Lipinski definition) is 4. The zero-order valence-electron chi connectivity index (χ0n) is 10.7. The SMILES string of the molecule is Cn1cc(C(NC(=O)c2cnc(Cl)c(Cl)c2)C(=O)O)cn1. The van der Waals surface area contributed by atoms with Gasteiger partial charge in [-0.25, -0.2) is 9.78 Å². The van der Waals surface area contributed by atoms with Gasteiger partial charge in [-0.3, -0.25) is 9.48 Å². The summed E-state index contributed by atoms with van der Waals surface area (Å²) in [7, 11) is 1.65. The first-order chi connectivity index (χ1) is 9.88. The van der Waals surface area contributed by atoms with Crippen molar-refractivity contribution in [2.45, 2.75) is 6.04 Å². The van der Waals surface area contributed by atoms with Gasteiger partial charge >= 0.3 is 5.97 Å². The number of carbonyl (C=O) groups excluding carboxylic acids is 1. The molecule has 0 bridgehead atoms. The zero-order valence-corrected chi connectivity index (χ0v) is 12.3. The minimum atomic E-state index is -1.22. The molecule has 1 atom stereocenters. The predicted octanol–water partition coefficient (Wildman–Crippen LogP) is 1.68.